The fourth-order valence-electron chi connectivity index (χ4n) is 0.0805. The number of nitrogens with two attached hydrogens (primary N) is 1. The van der Waals surface area contributed by atoms with Crippen molar-refractivity contribution >= 4 is 4.57 Å². The molecule has 0 saturated heterocycles. The predicted molar refractivity (Wildman–Crippen MR) is 28.6 cm³/mol. The summed E-state index contributed by atoms with van der Waals surface area (Å²) >= 11 is 1.80. The average molecular weight is 273 g/mol. The van der Waals surface area contributed by atoms with Crippen LogP contribution in [-0.4, -0.2) is 4.57 Å². The predicted octanol–water partition coefficient (Wildman–Crippen LogP) is 0.588. The van der Waals surface area contributed by atoms with Crippen LogP contribution in [0.15, 0.2) is 11.3 Å². The Hall–Kier alpha value is 0.0464. The molecule has 0 amide bonds. The number of rotatable bonds is 1. The Bertz CT molecular complexity index is 101. The molecule has 0 aliphatic carbocycles. The van der Waals surface area contributed by atoms with E-state index in [2.05, 4.69) is 0 Å². The van der Waals surface area contributed by atoms with Crippen LogP contribution in [0.5, 0.6) is 0 Å². The first-order valence-electron chi connectivity index (χ1n) is 2.03. The van der Waals surface area contributed by atoms with Crippen LogP contribution in [-0.2, 0) is 18.1 Å². The summed E-state index contributed by atoms with van der Waals surface area (Å²) in [5.74, 6) is 0. The molecule has 0 unspecified atom stereocenters. The molecule has 42 valence electrons. The molecule has 0 bridgehead atoms. The molecule has 0 aromatic carbocycles. The van der Waals surface area contributed by atoms with E-state index in [9.17, 15) is 0 Å². The summed E-state index contributed by atoms with van der Waals surface area (Å²) in [6, 6.07) is 0. The van der Waals surface area contributed by atoms with Crippen molar-refractivity contribution in [2.45, 2.75) is 13.8 Å². The Labute approximate surface area is 54.0 Å². The molecule has 2 heteroatoms. The molecule has 1 nitrogen and oxygen atoms in total. The topological polar surface area (TPSA) is 26.0 Å². The van der Waals surface area contributed by atoms with Crippen molar-refractivity contribution in [2.24, 2.45) is 5.73 Å². The van der Waals surface area contributed by atoms with Crippen molar-refractivity contribution in [3.05, 3.63) is 11.3 Å². The molecule has 7 heavy (non-hydrogen) atoms. The van der Waals surface area contributed by atoms with Gasteiger partial charge in [0.15, 0.2) is 0 Å². The van der Waals surface area contributed by atoms with Crippen LogP contribution in [0.1, 0.15) is 13.8 Å². The molecular formula is C5H9NOs. The van der Waals surface area contributed by atoms with Gasteiger partial charge in [-0.1, -0.05) is 0 Å². The molecule has 0 aromatic rings. The normalized spacial score (nSPS) is 13.0. The molecule has 0 spiro atoms. The third-order valence-corrected chi connectivity index (χ3v) is 1.88. The molecule has 0 radical (unpaired) electrons. The minimum atomic E-state index is 0.912. The van der Waals surface area contributed by atoms with Crippen molar-refractivity contribution in [1.82, 2.24) is 0 Å². The Morgan fingerprint density at radius 2 is 2.00 bits per heavy atom. The van der Waals surface area contributed by atoms with E-state index in [0.717, 1.165) is 5.70 Å². The molecule has 0 aliphatic rings. The summed E-state index contributed by atoms with van der Waals surface area (Å²) in [4.78, 5) is 0. The molecule has 0 rings (SSSR count). The van der Waals surface area contributed by atoms with E-state index in [0.29, 0.717) is 0 Å². The first-order chi connectivity index (χ1) is 3.18. The van der Waals surface area contributed by atoms with Crippen LogP contribution in [0.3, 0.4) is 0 Å². The van der Waals surface area contributed by atoms with Crippen LogP contribution in [0, 0.1) is 0 Å². The number of hydrogen-bond donors (Lipinski definition) is 1. The van der Waals surface area contributed by atoms with Gasteiger partial charge < -0.3 is 0 Å². The fourth-order valence-corrected chi connectivity index (χ4v) is 0.659. The first kappa shape index (κ1) is 7.05. The van der Waals surface area contributed by atoms with Crippen molar-refractivity contribution in [3.63, 3.8) is 0 Å². The van der Waals surface area contributed by atoms with Crippen LogP contribution in [0.25, 0.3) is 0 Å². The summed E-state index contributed by atoms with van der Waals surface area (Å²) in [6.07, 6.45) is 0. The van der Waals surface area contributed by atoms with Crippen LogP contribution < -0.4 is 5.73 Å². The summed E-state index contributed by atoms with van der Waals surface area (Å²) < 4.78 is 2.02. The van der Waals surface area contributed by atoms with E-state index in [1.165, 1.54) is 5.57 Å². The van der Waals surface area contributed by atoms with Gasteiger partial charge in [0.2, 0.25) is 0 Å². The van der Waals surface area contributed by atoms with Gasteiger partial charge in [0.25, 0.3) is 0 Å². The first-order valence-corrected chi connectivity index (χ1v) is 3.50. The van der Waals surface area contributed by atoms with Gasteiger partial charge in [0.05, 0.1) is 0 Å². The second-order valence-electron chi connectivity index (χ2n) is 1.47. The Balaban J connectivity index is 3.98. The Morgan fingerprint density at radius 3 is 2.00 bits per heavy atom. The summed E-state index contributed by atoms with van der Waals surface area (Å²) in [5.41, 5.74) is 7.49. The maximum absolute atomic E-state index is 5.40. The van der Waals surface area contributed by atoms with Gasteiger partial charge in [-0.3, -0.25) is 0 Å². The van der Waals surface area contributed by atoms with Gasteiger partial charge in [-0.15, -0.1) is 0 Å². The average Bonchev–Trinajstić information content (AvgIpc) is 1.65. The van der Waals surface area contributed by atoms with E-state index in [1.54, 1.807) is 18.1 Å². The summed E-state index contributed by atoms with van der Waals surface area (Å²) in [7, 11) is 0. The van der Waals surface area contributed by atoms with E-state index in [1.807, 2.05) is 18.4 Å². The summed E-state index contributed by atoms with van der Waals surface area (Å²) in [6.45, 7) is 3.90. The van der Waals surface area contributed by atoms with Gasteiger partial charge >= 0.3 is 53.6 Å². The van der Waals surface area contributed by atoms with Crippen molar-refractivity contribution in [3.8, 4) is 0 Å². The van der Waals surface area contributed by atoms with Crippen LogP contribution in [0.4, 0.5) is 0 Å². The molecule has 0 fully saturated rings. The van der Waals surface area contributed by atoms with Gasteiger partial charge in [0.1, 0.15) is 0 Å². The second kappa shape index (κ2) is 3.10. The molecular weight excluding hydrogens is 264 g/mol. The molecule has 0 saturated carbocycles. The van der Waals surface area contributed by atoms with E-state index >= 15 is 0 Å². The zero-order valence-electron chi connectivity index (χ0n) is 4.51. The molecule has 0 atom stereocenters. The standard InChI is InChI=1S/C5H9N.Os/c1-4(2)5(3)6;/h1H,6H2,2-3H3;. The van der Waals surface area contributed by atoms with Gasteiger partial charge in [-0.05, 0) is 0 Å². The van der Waals surface area contributed by atoms with Gasteiger partial charge in [-0.2, -0.15) is 0 Å². The van der Waals surface area contributed by atoms with E-state index in [-0.39, 0.29) is 0 Å². The number of hydrogen-bond acceptors (Lipinski definition) is 1. The molecule has 0 aliphatic heterocycles. The van der Waals surface area contributed by atoms with Crippen molar-refractivity contribution < 1.29 is 18.1 Å². The van der Waals surface area contributed by atoms with Crippen molar-refractivity contribution in [1.29, 1.82) is 0 Å². The number of allylic oxidation sites excluding steroid dienone is 2. The van der Waals surface area contributed by atoms with E-state index in [4.69, 9.17) is 5.73 Å². The van der Waals surface area contributed by atoms with E-state index < -0.39 is 0 Å². The van der Waals surface area contributed by atoms with Crippen molar-refractivity contribution in [2.75, 3.05) is 0 Å². The molecule has 0 aromatic heterocycles. The SMILES string of the molecule is CC(N)=C(C)[CH]=[Os]. The quantitative estimate of drug-likeness (QED) is 0.743. The third-order valence-electron chi connectivity index (χ3n) is 0.775. The van der Waals surface area contributed by atoms with Gasteiger partial charge in [0, 0.05) is 0 Å². The Morgan fingerprint density at radius 1 is 1.57 bits per heavy atom. The fraction of sp³-hybridized carbons (Fsp3) is 0.400. The molecule has 2 N–H and O–H groups in total. The van der Waals surface area contributed by atoms with Crippen LogP contribution >= 0.6 is 0 Å². The third kappa shape index (κ3) is 2.71. The minimum absolute atomic E-state index is 0.912. The summed E-state index contributed by atoms with van der Waals surface area (Å²) in [5, 5.41) is 0. The Kier molecular flexibility index (Phi) is 3.12. The monoisotopic (exact) mass is 275 g/mol. The molecule has 0 heterocycles. The van der Waals surface area contributed by atoms with Gasteiger partial charge in [-0.25, -0.2) is 0 Å². The maximum atomic E-state index is 5.40. The second-order valence-corrected chi connectivity index (χ2v) is 2.20. The zero-order valence-corrected chi connectivity index (χ0v) is 7.05. The van der Waals surface area contributed by atoms with Crippen LogP contribution in [0.2, 0.25) is 0 Å². The zero-order chi connectivity index (χ0) is 5.86.